The Morgan fingerprint density at radius 1 is 0.935 bits per heavy atom. The van der Waals surface area contributed by atoms with Crippen molar-refractivity contribution in [3.63, 3.8) is 0 Å². The van der Waals surface area contributed by atoms with Crippen LogP contribution in [0.1, 0.15) is 5.56 Å². The van der Waals surface area contributed by atoms with Gasteiger partial charge < -0.3 is 20.3 Å². The van der Waals surface area contributed by atoms with Crippen molar-refractivity contribution in [1.82, 2.24) is 10.0 Å². The van der Waals surface area contributed by atoms with Crippen molar-refractivity contribution in [1.29, 1.82) is 0 Å². The van der Waals surface area contributed by atoms with Crippen LogP contribution in [0.25, 0.3) is 0 Å². The molecule has 166 valence electrons. The SMILES string of the molecule is Cc1ccc(S(=O)(=O)NCC(=O)NCC(=O)Nc2ccc(N3CCOCC3)cc2)cc1. The Morgan fingerprint density at radius 3 is 2.23 bits per heavy atom. The predicted octanol–water partition coefficient (Wildman–Crippen LogP) is 0.865. The molecule has 1 saturated heterocycles. The van der Waals surface area contributed by atoms with E-state index in [0.29, 0.717) is 18.9 Å². The van der Waals surface area contributed by atoms with E-state index in [0.717, 1.165) is 24.3 Å². The maximum absolute atomic E-state index is 12.2. The summed E-state index contributed by atoms with van der Waals surface area (Å²) in [6.45, 7) is 4.16. The number of hydrogen-bond acceptors (Lipinski definition) is 6. The molecule has 1 fully saturated rings. The minimum Gasteiger partial charge on any atom is -0.378 e. The van der Waals surface area contributed by atoms with Crippen LogP contribution in [0.15, 0.2) is 53.4 Å². The van der Waals surface area contributed by atoms with Crippen LogP contribution in [-0.4, -0.2) is 59.6 Å². The fraction of sp³-hybridized carbons (Fsp3) is 0.333. The fourth-order valence-electron chi connectivity index (χ4n) is 2.98. The first kappa shape index (κ1) is 22.7. The van der Waals surface area contributed by atoms with Gasteiger partial charge in [-0.2, -0.15) is 0 Å². The molecule has 3 N–H and O–H groups in total. The monoisotopic (exact) mass is 446 g/mol. The van der Waals surface area contributed by atoms with Crippen LogP contribution in [0.4, 0.5) is 11.4 Å². The molecule has 0 atom stereocenters. The molecule has 0 spiro atoms. The Balaban J connectivity index is 1.41. The average molecular weight is 447 g/mol. The summed E-state index contributed by atoms with van der Waals surface area (Å²) < 4.78 is 31.9. The van der Waals surface area contributed by atoms with E-state index < -0.39 is 28.4 Å². The van der Waals surface area contributed by atoms with Gasteiger partial charge in [-0.15, -0.1) is 0 Å². The minimum absolute atomic E-state index is 0.0733. The van der Waals surface area contributed by atoms with Crippen LogP contribution < -0.4 is 20.3 Å². The van der Waals surface area contributed by atoms with Crippen LogP contribution >= 0.6 is 0 Å². The molecule has 31 heavy (non-hydrogen) atoms. The maximum atomic E-state index is 12.2. The molecular weight excluding hydrogens is 420 g/mol. The van der Waals surface area contributed by atoms with Crippen molar-refractivity contribution in [3.05, 3.63) is 54.1 Å². The van der Waals surface area contributed by atoms with Gasteiger partial charge in [0, 0.05) is 24.5 Å². The van der Waals surface area contributed by atoms with Gasteiger partial charge in [0.1, 0.15) is 0 Å². The summed E-state index contributed by atoms with van der Waals surface area (Å²) in [6, 6.07) is 13.7. The highest BCUT2D eigenvalue weighted by Gasteiger charge is 2.16. The lowest BCUT2D eigenvalue weighted by atomic mass is 10.2. The van der Waals surface area contributed by atoms with Crippen LogP contribution in [0.3, 0.4) is 0 Å². The number of carbonyl (C=O) groups excluding carboxylic acids is 2. The molecule has 0 bridgehead atoms. The third-order valence-corrected chi connectivity index (χ3v) is 6.14. The maximum Gasteiger partial charge on any atom is 0.243 e. The molecule has 1 heterocycles. The number of nitrogens with one attached hydrogen (secondary N) is 3. The van der Waals surface area contributed by atoms with E-state index in [9.17, 15) is 18.0 Å². The molecule has 2 aromatic rings. The number of ether oxygens (including phenoxy) is 1. The van der Waals surface area contributed by atoms with Gasteiger partial charge in [-0.3, -0.25) is 9.59 Å². The second-order valence-corrected chi connectivity index (χ2v) is 8.88. The smallest absolute Gasteiger partial charge is 0.243 e. The molecule has 0 unspecified atom stereocenters. The Hall–Kier alpha value is -2.95. The highest BCUT2D eigenvalue weighted by atomic mass is 32.2. The van der Waals surface area contributed by atoms with E-state index >= 15 is 0 Å². The normalized spacial score (nSPS) is 14.2. The summed E-state index contributed by atoms with van der Waals surface area (Å²) in [7, 11) is -3.80. The highest BCUT2D eigenvalue weighted by molar-refractivity contribution is 7.89. The zero-order valence-electron chi connectivity index (χ0n) is 17.3. The van der Waals surface area contributed by atoms with Gasteiger partial charge in [-0.05, 0) is 43.3 Å². The molecule has 1 aliphatic rings. The first-order chi connectivity index (χ1) is 14.8. The topological polar surface area (TPSA) is 117 Å². The van der Waals surface area contributed by atoms with E-state index in [2.05, 4.69) is 20.3 Å². The molecule has 2 aromatic carbocycles. The first-order valence-corrected chi connectivity index (χ1v) is 11.4. The summed E-state index contributed by atoms with van der Waals surface area (Å²) in [6.07, 6.45) is 0. The standard InChI is InChI=1S/C21H26N4O5S/c1-16-2-8-19(9-3-16)31(28,29)23-15-20(26)22-14-21(27)24-17-4-6-18(7-5-17)25-10-12-30-13-11-25/h2-9,23H,10-15H2,1H3,(H,22,26)(H,24,27). The second kappa shape index (κ2) is 10.4. The summed E-state index contributed by atoms with van der Waals surface area (Å²) >= 11 is 0. The molecule has 0 aromatic heterocycles. The number of carbonyl (C=O) groups is 2. The number of benzene rings is 2. The molecule has 3 rings (SSSR count). The fourth-order valence-corrected chi connectivity index (χ4v) is 3.97. The van der Waals surface area contributed by atoms with Crippen LogP contribution in [0.2, 0.25) is 0 Å². The molecule has 0 saturated carbocycles. The van der Waals surface area contributed by atoms with Gasteiger partial charge in [0.25, 0.3) is 0 Å². The average Bonchev–Trinajstić information content (AvgIpc) is 2.78. The molecule has 1 aliphatic heterocycles. The Bertz CT molecular complexity index is 1000. The lowest BCUT2D eigenvalue weighted by Gasteiger charge is -2.28. The Kier molecular flexibility index (Phi) is 7.61. The van der Waals surface area contributed by atoms with Crippen molar-refractivity contribution in [2.24, 2.45) is 0 Å². The van der Waals surface area contributed by atoms with Crippen LogP contribution in [-0.2, 0) is 24.3 Å². The van der Waals surface area contributed by atoms with Crippen molar-refractivity contribution in [2.45, 2.75) is 11.8 Å². The number of rotatable bonds is 8. The summed E-state index contributed by atoms with van der Waals surface area (Å²) in [5.41, 5.74) is 2.59. The lowest BCUT2D eigenvalue weighted by molar-refractivity contribution is -0.123. The van der Waals surface area contributed by atoms with Gasteiger partial charge in [-0.25, -0.2) is 13.1 Å². The number of anilines is 2. The lowest BCUT2D eigenvalue weighted by Crippen LogP contribution is -2.40. The van der Waals surface area contributed by atoms with Gasteiger partial charge in [0.2, 0.25) is 21.8 Å². The first-order valence-electron chi connectivity index (χ1n) is 9.89. The third kappa shape index (κ3) is 6.78. The minimum atomic E-state index is -3.80. The predicted molar refractivity (Wildman–Crippen MR) is 117 cm³/mol. The number of sulfonamides is 1. The number of aryl methyl sites for hydroxylation is 1. The molecule has 0 aliphatic carbocycles. The summed E-state index contributed by atoms with van der Waals surface area (Å²) in [4.78, 5) is 26.3. The number of amides is 2. The zero-order chi connectivity index (χ0) is 22.3. The largest absolute Gasteiger partial charge is 0.378 e. The second-order valence-electron chi connectivity index (χ2n) is 7.11. The van der Waals surface area contributed by atoms with Gasteiger partial charge in [-0.1, -0.05) is 17.7 Å². The third-order valence-electron chi connectivity index (χ3n) is 4.73. The summed E-state index contributed by atoms with van der Waals surface area (Å²) in [5, 5.41) is 5.09. The van der Waals surface area contributed by atoms with E-state index in [1.807, 2.05) is 19.1 Å². The highest BCUT2D eigenvalue weighted by Crippen LogP contribution is 2.18. The molecular formula is C21H26N4O5S. The van der Waals surface area contributed by atoms with Crippen molar-refractivity contribution < 1.29 is 22.7 Å². The Morgan fingerprint density at radius 2 is 1.58 bits per heavy atom. The molecule has 10 heteroatoms. The number of hydrogen-bond donors (Lipinski definition) is 3. The zero-order valence-corrected chi connectivity index (χ0v) is 18.1. The number of nitrogens with zero attached hydrogens (tertiary/aromatic N) is 1. The Labute approximate surface area is 181 Å². The van der Waals surface area contributed by atoms with Gasteiger partial charge in [0.05, 0.1) is 31.2 Å². The van der Waals surface area contributed by atoms with E-state index in [-0.39, 0.29) is 11.4 Å². The molecule has 2 amide bonds. The van der Waals surface area contributed by atoms with Crippen molar-refractivity contribution >= 4 is 33.2 Å². The van der Waals surface area contributed by atoms with Gasteiger partial charge in [0.15, 0.2) is 0 Å². The van der Waals surface area contributed by atoms with Gasteiger partial charge >= 0.3 is 0 Å². The van der Waals surface area contributed by atoms with Crippen molar-refractivity contribution in [3.8, 4) is 0 Å². The van der Waals surface area contributed by atoms with E-state index in [4.69, 9.17) is 4.74 Å². The van der Waals surface area contributed by atoms with Crippen molar-refractivity contribution in [2.75, 3.05) is 49.6 Å². The van der Waals surface area contributed by atoms with Crippen LogP contribution in [0.5, 0.6) is 0 Å². The molecule has 9 nitrogen and oxygen atoms in total. The molecule has 0 radical (unpaired) electrons. The summed E-state index contributed by atoms with van der Waals surface area (Å²) in [5.74, 6) is -1.01. The van der Waals surface area contributed by atoms with E-state index in [1.54, 1.807) is 24.3 Å². The quantitative estimate of drug-likeness (QED) is 0.554. The van der Waals surface area contributed by atoms with Crippen LogP contribution in [0, 0.1) is 6.92 Å². The van der Waals surface area contributed by atoms with E-state index in [1.165, 1.54) is 12.1 Å². The number of morpholine rings is 1.